The summed E-state index contributed by atoms with van der Waals surface area (Å²) in [5.74, 6) is 1.44. The maximum atomic E-state index is 12.3. The summed E-state index contributed by atoms with van der Waals surface area (Å²) in [6.07, 6.45) is 8.42. The van der Waals surface area contributed by atoms with Crippen LogP contribution in [0, 0.1) is 12.8 Å². The molecule has 184 valence electrons. The minimum absolute atomic E-state index is 0.0416. The molecule has 0 unspecified atom stereocenters. The van der Waals surface area contributed by atoms with Crippen LogP contribution in [-0.2, 0) is 28.9 Å². The van der Waals surface area contributed by atoms with Crippen LogP contribution in [-0.4, -0.2) is 65.4 Å². The predicted octanol–water partition coefficient (Wildman–Crippen LogP) is 3.08. The van der Waals surface area contributed by atoms with E-state index in [0.717, 1.165) is 70.2 Å². The Labute approximate surface area is 205 Å². The molecule has 1 spiro atoms. The van der Waals surface area contributed by atoms with E-state index in [1.165, 1.54) is 41.4 Å². The lowest BCUT2D eigenvalue weighted by atomic mass is 9.84. The van der Waals surface area contributed by atoms with Crippen LogP contribution in [0.5, 0.6) is 0 Å². The molecule has 2 aromatic heterocycles. The van der Waals surface area contributed by atoms with E-state index < -0.39 is 0 Å². The molecule has 3 fully saturated rings. The summed E-state index contributed by atoms with van der Waals surface area (Å²) in [7, 11) is 0. The molecule has 0 bridgehead atoms. The highest BCUT2D eigenvalue weighted by molar-refractivity contribution is 7.15. The lowest BCUT2D eigenvalue weighted by Crippen LogP contribution is -2.68. The van der Waals surface area contributed by atoms with E-state index >= 15 is 0 Å². The van der Waals surface area contributed by atoms with Gasteiger partial charge in [0, 0.05) is 36.5 Å². The fourth-order valence-corrected chi connectivity index (χ4v) is 6.94. The summed E-state index contributed by atoms with van der Waals surface area (Å²) in [5.41, 5.74) is 2.28. The largest absolute Gasteiger partial charge is 0.371 e. The molecule has 1 aliphatic carbocycles. The number of nitrogens with zero attached hydrogens (tertiary/aromatic N) is 4. The number of hydrogen-bond donors (Lipinski definition) is 1. The number of anilines is 1. The highest BCUT2D eigenvalue weighted by atomic mass is 32.1. The van der Waals surface area contributed by atoms with Crippen molar-refractivity contribution >= 4 is 22.4 Å². The second kappa shape index (κ2) is 9.24. The van der Waals surface area contributed by atoms with Gasteiger partial charge in [0.2, 0.25) is 5.91 Å². The summed E-state index contributed by atoms with van der Waals surface area (Å²) < 4.78 is 10.9. The molecule has 1 saturated carbocycles. The third kappa shape index (κ3) is 4.75. The average Bonchev–Trinajstić information content (AvgIpc) is 3.36. The van der Waals surface area contributed by atoms with Gasteiger partial charge in [0.15, 0.2) is 5.13 Å². The molecule has 9 heteroatoms. The first-order valence-electron chi connectivity index (χ1n) is 12.8. The smallest absolute Gasteiger partial charge is 0.227 e. The molecule has 0 radical (unpaired) electrons. The number of amides is 1. The first-order chi connectivity index (χ1) is 16.5. The lowest BCUT2D eigenvalue weighted by Gasteiger charge is -2.55. The van der Waals surface area contributed by atoms with Crippen molar-refractivity contribution < 1.29 is 14.1 Å². The van der Waals surface area contributed by atoms with Gasteiger partial charge in [0.05, 0.1) is 37.5 Å². The molecular formula is C25H35N5O3S. The van der Waals surface area contributed by atoms with Crippen LogP contribution >= 0.6 is 11.3 Å². The van der Waals surface area contributed by atoms with Crippen molar-refractivity contribution in [2.24, 2.45) is 5.92 Å². The number of ether oxygens (including phenoxy) is 1. The summed E-state index contributed by atoms with van der Waals surface area (Å²) in [6, 6.07) is 2.13. The quantitative estimate of drug-likeness (QED) is 0.645. The number of rotatable bonds is 7. The maximum absolute atomic E-state index is 12.3. The van der Waals surface area contributed by atoms with Crippen LogP contribution in [0.4, 0.5) is 5.13 Å². The van der Waals surface area contributed by atoms with Gasteiger partial charge in [-0.05, 0) is 57.9 Å². The molecule has 2 aromatic rings. The fourth-order valence-electron chi connectivity index (χ4n) is 5.89. The summed E-state index contributed by atoms with van der Waals surface area (Å²) >= 11 is 1.90. The fraction of sp³-hybridized carbons (Fsp3) is 0.720. The van der Waals surface area contributed by atoms with Crippen LogP contribution in [0.3, 0.4) is 0 Å². The molecule has 2 saturated heterocycles. The van der Waals surface area contributed by atoms with E-state index in [1.54, 1.807) is 0 Å². The Morgan fingerprint density at radius 2 is 2.12 bits per heavy atom. The van der Waals surface area contributed by atoms with Gasteiger partial charge >= 0.3 is 0 Å². The van der Waals surface area contributed by atoms with Crippen LogP contribution in [0.2, 0.25) is 0 Å². The zero-order valence-electron chi connectivity index (χ0n) is 20.1. The van der Waals surface area contributed by atoms with E-state index in [-0.39, 0.29) is 17.9 Å². The highest BCUT2D eigenvalue weighted by Crippen LogP contribution is 2.41. The topological polar surface area (TPSA) is 83.7 Å². The molecule has 34 heavy (non-hydrogen) atoms. The molecule has 1 N–H and O–H groups in total. The van der Waals surface area contributed by atoms with E-state index in [1.807, 2.05) is 24.3 Å². The molecule has 0 aromatic carbocycles. The predicted molar refractivity (Wildman–Crippen MR) is 130 cm³/mol. The van der Waals surface area contributed by atoms with Gasteiger partial charge in [-0.2, -0.15) is 0 Å². The highest BCUT2D eigenvalue weighted by Gasteiger charge is 2.50. The summed E-state index contributed by atoms with van der Waals surface area (Å²) in [5, 5.41) is 8.25. The Morgan fingerprint density at radius 1 is 1.29 bits per heavy atom. The van der Waals surface area contributed by atoms with Gasteiger partial charge in [-0.25, -0.2) is 4.98 Å². The van der Waals surface area contributed by atoms with E-state index in [9.17, 15) is 4.79 Å². The normalized spacial score (nSPS) is 26.1. The maximum Gasteiger partial charge on any atom is 0.227 e. The van der Waals surface area contributed by atoms with E-state index in [0.29, 0.717) is 11.8 Å². The molecule has 4 aliphatic rings. The van der Waals surface area contributed by atoms with E-state index in [2.05, 4.69) is 20.3 Å². The lowest BCUT2D eigenvalue weighted by molar-refractivity contribution is -0.160. The Balaban J connectivity index is 0.911. The van der Waals surface area contributed by atoms with Crippen LogP contribution in [0.25, 0.3) is 0 Å². The molecule has 0 atom stereocenters. The first kappa shape index (κ1) is 22.5. The van der Waals surface area contributed by atoms with Crippen molar-refractivity contribution in [3.63, 3.8) is 0 Å². The number of fused-ring (bicyclic) bond motifs is 1. The van der Waals surface area contributed by atoms with Crippen LogP contribution in [0.1, 0.15) is 60.6 Å². The second-order valence-electron chi connectivity index (χ2n) is 10.7. The Hall–Kier alpha value is -1.97. The molecule has 6 rings (SSSR count). The monoisotopic (exact) mass is 485 g/mol. The third-order valence-corrected chi connectivity index (χ3v) is 9.29. The first-order valence-corrected chi connectivity index (χ1v) is 13.7. The number of carbonyl (C=O) groups excluding carboxylic acids is 1. The molecule has 5 heterocycles. The van der Waals surface area contributed by atoms with Gasteiger partial charge in [-0.1, -0.05) is 5.16 Å². The van der Waals surface area contributed by atoms with Gasteiger partial charge in [0.1, 0.15) is 11.4 Å². The van der Waals surface area contributed by atoms with Gasteiger partial charge in [0.25, 0.3) is 0 Å². The molecule has 8 nitrogen and oxygen atoms in total. The average molecular weight is 486 g/mol. The van der Waals surface area contributed by atoms with Crippen LogP contribution in [0.15, 0.2) is 10.6 Å². The zero-order valence-corrected chi connectivity index (χ0v) is 20.9. The van der Waals surface area contributed by atoms with Crippen molar-refractivity contribution in [2.75, 3.05) is 37.7 Å². The standard InChI is InChI=1S/C25H35N5O3S/c1-17-12-20(33-28-17)13-23(31)26-19-4-2-18(3-5-19)6-9-29-10-7-22-21(14-29)27-24(34-22)30-15-25(16-30)8-11-32-25/h12,18-19H,2-11,13-16H2,1H3,(H,26,31)/t18-,19-. The summed E-state index contributed by atoms with van der Waals surface area (Å²) in [6.45, 7) is 8.13. The Morgan fingerprint density at radius 3 is 2.82 bits per heavy atom. The molecular weight excluding hydrogens is 450 g/mol. The Kier molecular flexibility index (Phi) is 6.11. The minimum Gasteiger partial charge on any atom is -0.371 e. The van der Waals surface area contributed by atoms with Gasteiger partial charge in [-0.3, -0.25) is 9.69 Å². The van der Waals surface area contributed by atoms with Crippen molar-refractivity contribution in [3.05, 3.63) is 28.1 Å². The van der Waals surface area contributed by atoms with E-state index in [4.69, 9.17) is 14.2 Å². The number of carbonyl (C=O) groups is 1. The van der Waals surface area contributed by atoms with Crippen molar-refractivity contribution in [3.8, 4) is 0 Å². The second-order valence-corrected chi connectivity index (χ2v) is 11.8. The third-order valence-electron chi connectivity index (χ3n) is 8.07. The number of nitrogens with one attached hydrogen (secondary N) is 1. The van der Waals surface area contributed by atoms with Gasteiger partial charge < -0.3 is 19.5 Å². The van der Waals surface area contributed by atoms with Crippen LogP contribution < -0.4 is 10.2 Å². The number of thiazole rings is 1. The summed E-state index contributed by atoms with van der Waals surface area (Å²) in [4.78, 5) is 23.8. The minimum atomic E-state index is 0.0416. The molecule has 1 amide bonds. The van der Waals surface area contributed by atoms with Crippen molar-refractivity contribution in [2.45, 2.75) is 76.5 Å². The van der Waals surface area contributed by atoms with Crippen molar-refractivity contribution in [1.82, 2.24) is 20.4 Å². The number of hydrogen-bond acceptors (Lipinski definition) is 8. The zero-order chi connectivity index (χ0) is 23.1. The Bertz CT molecular complexity index is 1020. The molecule has 3 aliphatic heterocycles. The number of aryl methyl sites for hydroxylation is 1. The number of aromatic nitrogens is 2. The van der Waals surface area contributed by atoms with Crippen molar-refractivity contribution in [1.29, 1.82) is 0 Å². The van der Waals surface area contributed by atoms with Gasteiger partial charge in [-0.15, -0.1) is 11.3 Å². The SMILES string of the molecule is Cc1cc(CC(=O)N[C@H]2CC[C@H](CCN3CCc4sc(N5CC6(CCO6)C5)nc4C3)CC2)on1.